The Morgan fingerprint density at radius 3 is 2.39 bits per heavy atom. The van der Waals surface area contributed by atoms with Gasteiger partial charge in [0.05, 0.1) is 25.0 Å². The Labute approximate surface area is 187 Å². The minimum Gasteiger partial charge on any atom is -0.497 e. The van der Waals surface area contributed by atoms with Crippen LogP contribution in [0.1, 0.15) is 20.8 Å². The van der Waals surface area contributed by atoms with Gasteiger partial charge in [-0.2, -0.15) is 0 Å². The summed E-state index contributed by atoms with van der Waals surface area (Å²) in [5.74, 6) is 2.22. The Bertz CT molecular complexity index is 1020. The summed E-state index contributed by atoms with van der Waals surface area (Å²) in [5.41, 5.74) is 1.60. The summed E-state index contributed by atoms with van der Waals surface area (Å²) in [5, 5.41) is 12.2. The maximum atomic E-state index is 13.0. The minimum absolute atomic E-state index is 0.0744. The zero-order valence-electron chi connectivity index (χ0n) is 18.5. The molecule has 1 atom stereocenters. The molecule has 2 aromatic carbocycles. The van der Waals surface area contributed by atoms with E-state index in [4.69, 9.17) is 9.47 Å². The van der Waals surface area contributed by atoms with E-state index in [9.17, 15) is 4.79 Å². The molecule has 0 radical (unpaired) electrons. The molecule has 8 heteroatoms. The molecule has 0 saturated carbocycles. The molecule has 1 N–H and O–H groups in total. The van der Waals surface area contributed by atoms with Crippen LogP contribution in [0.5, 0.6) is 11.5 Å². The highest BCUT2D eigenvalue weighted by Crippen LogP contribution is 2.34. The van der Waals surface area contributed by atoms with Gasteiger partial charge in [-0.3, -0.25) is 4.79 Å². The average Bonchev–Trinajstić information content (AvgIpc) is 3.20. The lowest BCUT2D eigenvalue weighted by Crippen LogP contribution is -2.30. The molecule has 0 aliphatic rings. The van der Waals surface area contributed by atoms with Crippen LogP contribution in [0.15, 0.2) is 53.7 Å². The highest BCUT2D eigenvalue weighted by molar-refractivity contribution is 8.00. The number of methoxy groups -OCH3 is 2. The van der Waals surface area contributed by atoms with E-state index in [1.54, 1.807) is 14.2 Å². The summed E-state index contributed by atoms with van der Waals surface area (Å²) >= 11 is 1.42. The topological polar surface area (TPSA) is 78.3 Å². The van der Waals surface area contributed by atoms with E-state index in [1.165, 1.54) is 11.8 Å². The van der Waals surface area contributed by atoms with Gasteiger partial charge in [0.25, 0.3) is 0 Å². The highest BCUT2D eigenvalue weighted by atomic mass is 32.2. The van der Waals surface area contributed by atoms with Crippen molar-refractivity contribution < 1.29 is 14.3 Å². The largest absolute Gasteiger partial charge is 0.497 e. The van der Waals surface area contributed by atoms with Crippen LogP contribution in [0, 0.1) is 5.92 Å². The molecule has 31 heavy (non-hydrogen) atoms. The molecule has 0 aliphatic heterocycles. The number of thioether (sulfide) groups is 1. The summed E-state index contributed by atoms with van der Waals surface area (Å²) in [6.45, 7) is 6.76. The van der Waals surface area contributed by atoms with E-state index in [-0.39, 0.29) is 17.1 Å². The summed E-state index contributed by atoms with van der Waals surface area (Å²) in [4.78, 5) is 13.0. The Balaban J connectivity index is 1.84. The zero-order valence-corrected chi connectivity index (χ0v) is 19.3. The number of amides is 1. The molecule has 3 aromatic rings. The first-order valence-electron chi connectivity index (χ1n) is 10.2. The monoisotopic (exact) mass is 440 g/mol. The van der Waals surface area contributed by atoms with Gasteiger partial charge in [0, 0.05) is 12.2 Å². The molecule has 0 aliphatic carbocycles. The Hall–Kier alpha value is -3.00. The van der Waals surface area contributed by atoms with Gasteiger partial charge in [-0.05, 0) is 49.2 Å². The van der Waals surface area contributed by atoms with E-state index in [1.807, 2.05) is 73.9 Å². The van der Waals surface area contributed by atoms with Crippen molar-refractivity contribution in [2.45, 2.75) is 37.7 Å². The normalized spacial score (nSPS) is 11.9. The summed E-state index contributed by atoms with van der Waals surface area (Å²) in [7, 11) is 3.25. The molecule has 0 fully saturated rings. The van der Waals surface area contributed by atoms with Gasteiger partial charge in [0.2, 0.25) is 5.91 Å². The third-order valence-corrected chi connectivity index (χ3v) is 6.36. The van der Waals surface area contributed by atoms with Crippen LogP contribution < -0.4 is 14.8 Å². The minimum atomic E-state index is -0.331. The molecule has 1 amide bonds. The van der Waals surface area contributed by atoms with Gasteiger partial charge in [-0.25, -0.2) is 0 Å². The smallest absolute Gasteiger partial charge is 0.238 e. The number of hydrogen-bond acceptors (Lipinski definition) is 6. The third kappa shape index (κ3) is 5.19. The van der Waals surface area contributed by atoms with Gasteiger partial charge < -0.3 is 19.4 Å². The number of nitrogens with one attached hydrogen (secondary N) is 1. The van der Waals surface area contributed by atoms with Crippen molar-refractivity contribution in [1.29, 1.82) is 0 Å². The molecular formula is C23H28N4O3S. The van der Waals surface area contributed by atoms with Gasteiger partial charge in [0.15, 0.2) is 11.0 Å². The molecule has 0 saturated heterocycles. The van der Waals surface area contributed by atoms with Crippen LogP contribution in [0.3, 0.4) is 0 Å². The molecule has 1 aromatic heterocycles. The Morgan fingerprint density at radius 1 is 1.06 bits per heavy atom. The van der Waals surface area contributed by atoms with Gasteiger partial charge in [-0.15, -0.1) is 10.2 Å². The third-order valence-electron chi connectivity index (χ3n) is 4.83. The fraction of sp³-hybridized carbons (Fsp3) is 0.348. The number of nitrogens with zero attached hydrogens (tertiary/aromatic N) is 3. The first-order valence-corrected chi connectivity index (χ1v) is 11.0. The highest BCUT2D eigenvalue weighted by Gasteiger charge is 2.27. The van der Waals surface area contributed by atoms with Crippen molar-refractivity contribution >= 4 is 23.4 Å². The van der Waals surface area contributed by atoms with Crippen molar-refractivity contribution in [3.63, 3.8) is 0 Å². The van der Waals surface area contributed by atoms with E-state index in [0.29, 0.717) is 11.7 Å². The lowest BCUT2D eigenvalue weighted by atomic mass is 10.1. The van der Waals surface area contributed by atoms with Gasteiger partial charge in [-0.1, -0.05) is 37.7 Å². The predicted molar refractivity (Wildman–Crippen MR) is 124 cm³/mol. The summed E-state index contributed by atoms with van der Waals surface area (Å²) in [6.07, 6.45) is 0. The average molecular weight is 441 g/mol. The number of hydrogen-bond donors (Lipinski definition) is 1. The van der Waals surface area contributed by atoms with E-state index in [0.717, 1.165) is 28.6 Å². The van der Waals surface area contributed by atoms with Crippen molar-refractivity contribution in [2.24, 2.45) is 5.92 Å². The molecule has 0 spiro atoms. The summed E-state index contributed by atoms with van der Waals surface area (Å²) in [6, 6.07) is 15.0. The first-order chi connectivity index (χ1) is 15.0. The van der Waals surface area contributed by atoms with Crippen LogP contribution in [0.2, 0.25) is 0 Å². The lowest BCUT2D eigenvalue weighted by molar-refractivity contribution is -0.116. The first kappa shape index (κ1) is 22.7. The molecule has 1 heterocycles. The number of anilines is 1. The standard InChI is InChI=1S/C23H28N4O3S/c1-6-27-21(18-9-7-8-10-19(18)30-5)25-26-23(27)31-20(15(2)3)22(28)24-16-11-13-17(29-4)14-12-16/h7-15,20H,6H2,1-5H3,(H,24,28). The van der Waals surface area contributed by atoms with Crippen molar-refractivity contribution in [3.8, 4) is 22.9 Å². The number of carbonyl (C=O) groups excluding carboxylic acids is 1. The Kier molecular flexibility index (Phi) is 7.57. The van der Waals surface area contributed by atoms with Gasteiger partial charge in [0.1, 0.15) is 11.5 Å². The molecule has 0 bridgehead atoms. The second kappa shape index (κ2) is 10.3. The maximum Gasteiger partial charge on any atom is 0.238 e. The van der Waals surface area contributed by atoms with Crippen LogP contribution in [0.4, 0.5) is 5.69 Å². The zero-order chi connectivity index (χ0) is 22.4. The molecule has 3 rings (SSSR count). The van der Waals surface area contributed by atoms with E-state index < -0.39 is 0 Å². The van der Waals surface area contributed by atoms with Gasteiger partial charge >= 0.3 is 0 Å². The van der Waals surface area contributed by atoms with Crippen LogP contribution >= 0.6 is 11.8 Å². The van der Waals surface area contributed by atoms with Crippen LogP contribution in [0.25, 0.3) is 11.4 Å². The number of aromatic nitrogens is 3. The fourth-order valence-corrected chi connectivity index (χ4v) is 4.28. The quantitative estimate of drug-likeness (QED) is 0.484. The Morgan fingerprint density at radius 2 is 1.77 bits per heavy atom. The van der Waals surface area contributed by atoms with E-state index in [2.05, 4.69) is 15.5 Å². The van der Waals surface area contributed by atoms with Crippen molar-refractivity contribution in [2.75, 3.05) is 19.5 Å². The molecular weight excluding hydrogens is 412 g/mol. The van der Waals surface area contributed by atoms with Crippen LogP contribution in [-0.4, -0.2) is 40.1 Å². The number of carbonyl (C=O) groups is 1. The van der Waals surface area contributed by atoms with Crippen molar-refractivity contribution in [1.82, 2.24) is 14.8 Å². The number of rotatable bonds is 9. The van der Waals surface area contributed by atoms with Crippen molar-refractivity contribution in [3.05, 3.63) is 48.5 Å². The lowest BCUT2D eigenvalue weighted by Gasteiger charge is -2.20. The van der Waals surface area contributed by atoms with Crippen LogP contribution in [-0.2, 0) is 11.3 Å². The number of ether oxygens (including phenoxy) is 2. The fourth-order valence-electron chi connectivity index (χ4n) is 3.18. The number of para-hydroxylation sites is 1. The van der Waals surface area contributed by atoms with E-state index >= 15 is 0 Å². The molecule has 1 unspecified atom stereocenters. The predicted octanol–water partition coefficient (Wildman–Crippen LogP) is 4.74. The second-order valence-corrected chi connectivity index (χ2v) is 8.36. The molecule has 164 valence electrons. The SMILES string of the molecule is CCn1c(SC(C(=O)Nc2ccc(OC)cc2)C(C)C)nnc1-c1ccccc1OC. The molecule has 7 nitrogen and oxygen atoms in total. The second-order valence-electron chi connectivity index (χ2n) is 7.25. The summed E-state index contributed by atoms with van der Waals surface area (Å²) < 4.78 is 12.7. The number of benzene rings is 2. The maximum absolute atomic E-state index is 13.0.